The molecule has 204 valence electrons. The van der Waals surface area contributed by atoms with Crippen LogP contribution in [-0.4, -0.2) is 42.9 Å². The second-order valence-corrected chi connectivity index (χ2v) is 12.5. The van der Waals surface area contributed by atoms with Crippen molar-refractivity contribution in [1.82, 2.24) is 9.97 Å². The molecule has 2 heterocycles. The predicted octanol–water partition coefficient (Wildman–Crippen LogP) is 5.26. The minimum Gasteiger partial charge on any atom is -0.252 e. The average Bonchev–Trinajstić information content (AvgIpc) is 2.77. The first-order valence-electron chi connectivity index (χ1n) is 9.58. The second-order valence-electron chi connectivity index (χ2n) is 7.21. The van der Waals surface area contributed by atoms with Crippen LogP contribution < -0.4 is 0 Å². The molecular formula is C20H21ClF6N6O2S2. The van der Waals surface area contributed by atoms with Crippen molar-refractivity contribution < 1.29 is 34.8 Å². The fraction of sp³-hybridized carbons (Fsp3) is 0.400. The van der Waals surface area contributed by atoms with Gasteiger partial charge in [-0.25, -0.2) is 8.42 Å². The van der Waals surface area contributed by atoms with Crippen molar-refractivity contribution in [3.05, 3.63) is 59.2 Å². The summed E-state index contributed by atoms with van der Waals surface area (Å²) in [6, 6.07) is 4.37. The number of hydrogen-bond acceptors (Lipinski definition) is 8. The molecule has 1 unspecified atom stereocenters. The van der Waals surface area contributed by atoms with E-state index in [0.29, 0.717) is 11.1 Å². The number of aromatic nitrogens is 2. The topological polar surface area (TPSA) is 132 Å². The van der Waals surface area contributed by atoms with Gasteiger partial charge in [0.25, 0.3) is 0 Å². The summed E-state index contributed by atoms with van der Waals surface area (Å²) >= 11 is 5.37. The van der Waals surface area contributed by atoms with E-state index < -0.39 is 43.2 Å². The van der Waals surface area contributed by atoms with Gasteiger partial charge in [0, 0.05) is 42.8 Å². The molecular weight excluding hydrogens is 570 g/mol. The molecule has 0 aliphatic heterocycles. The van der Waals surface area contributed by atoms with E-state index in [-0.39, 0.29) is 18.1 Å². The molecule has 37 heavy (non-hydrogen) atoms. The summed E-state index contributed by atoms with van der Waals surface area (Å²) in [6.07, 6.45) is 0.698. The van der Waals surface area contributed by atoms with E-state index in [1.54, 1.807) is 0 Å². The monoisotopic (exact) mass is 590 g/mol. The number of hydrogen-bond donors (Lipinski definition) is 0. The molecule has 0 saturated heterocycles. The van der Waals surface area contributed by atoms with Gasteiger partial charge < -0.3 is 0 Å². The quantitative estimate of drug-likeness (QED) is 0.271. The first kappa shape index (κ1) is 34.1. The third kappa shape index (κ3) is 15.7. The van der Waals surface area contributed by atoms with Gasteiger partial charge >= 0.3 is 12.4 Å². The maximum atomic E-state index is 12.2. The van der Waals surface area contributed by atoms with E-state index in [9.17, 15) is 34.8 Å². The van der Waals surface area contributed by atoms with Crippen molar-refractivity contribution in [3.8, 4) is 12.4 Å². The molecule has 0 amide bonds. The van der Waals surface area contributed by atoms with E-state index in [4.69, 9.17) is 22.1 Å². The molecule has 2 aromatic rings. The molecule has 0 bridgehead atoms. The summed E-state index contributed by atoms with van der Waals surface area (Å²) in [4.78, 5) is 6.49. The highest BCUT2D eigenvalue weighted by molar-refractivity contribution is 7.93. The van der Waals surface area contributed by atoms with E-state index in [1.165, 1.54) is 43.3 Å². The van der Waals surface area contributed by atoms with Crippen LogP contribution in [0.1, 0.15) is 22.5 Å². The van der Waals surface area contributed by atoms with Gasteiger partial charge in [0.15, 0.2) is 0 Å². The summed E-state index contributed by atoms with van der Waals surface area (Å²) in [5.74, 6) is 0.277. The number of halogens is 7. The Morgan fingerprint density at radius 1 is 0.838 bits per heavy atom. The first-order chi connectivity index (χ1) is 16.8. The number of rotatable bonds is 4. The molecule has 0 aromatic carbocycles. The van der Waals surface area contributed by atoms with Gasteiger partial charge in [-0.3, -0.25) is 9.97 Å². The zero-order valence-corrected chi connectivity index (χ0v) is 21.9. The van der Waals surface area contributed by atoms with E-state index >= 15 is 0 Å². The summed E-state index contributed by atoms with van der Waals surface area (Å²) in [6.45, 7) is 0. The number of nitrogens with zero attached hydrogens (tertiary/aromatic N) is 6. The fourth-order valence-electron chi connectivity index (χ4n) is 1.95. The molecule has 0 N–H and O–H groups in total. The zero-order chi connectivity index (χ0) is 28.9. The van der Waals surface area contributed by atoms with Gasteiger partial charge in [0.05, 0.1) is 19.5 Å². The second kappa shape index (κ2) is 14.7. The third-order valence-electron chi connectivity index (χ3n) is 3.65. The first-order valence-corrected chi connectivity index (χ1v) is 14.5. The minimum absolute atomic E-state index is 0.105. The Bertz CT molecular complexity index is 1320. The Morgan fingerprint density at radius 3 is 1.54 bits per heavy atom. The number of aryl methyl sites for hydroxylation is 1. The van der Waals surface area contributed by atoms with E-state index in [1.807, 2.05) is 0 Å². The lowest BCUT2D eigenvalue weighted by Crippen LogP contribution is -2.09. The van der Waals surface area contributed by atoms with Gasteiger partial charge in [-0.2, -0.15) is 36.9 Å². The smallest absolute Gasteiger partial charge is 0.252 e. The van der Waals surface area contributed by atoms with Crippen molar-refractivity contribution in [2.45, 2.75) is 24.7 Å². The van der Waals surface area contributed by atoms with Gasteiger partial charge in [-0.15, -0.1) is 20.3 Å². The number of pyridine rings is 2. The van der Waals surface area contributed by atoms with Crippen molar-refractivity contribution in [3.63, 3.8) is 0 Å². The van der Waals surface area contributed by atoms with Crippen molar-refractivity contribution in [2.75, 3.05) is 24.5 Å². The Labute approximate surface area is 215 Å². The molecule has 1 atom stereocenters. The van der Waals surface area contributed by atoms with Crippen LogP contribution in [-0.2, 0) is 44.1 Å². The summed E-state index contributed by atoms with van der Waals surface area (Å²) in [5, 5.41) is 16.1. The lowest BCUT2D eigenvalue weighted by molar-refractivity contribution is -0.142. The van der Waals surface area contributed by atoms with Crippen molar-refractivity contribution in [2.24, 2.45) is 8.73 Å². The molecule has 17 heteroatoms. The van der Waals surface area contributed by atoms with E-state index in [2.05, 4.69) is 18.7 Å². The molecule has 0 fully saturated rings. The lowest BCUT2D eigenvalue weighted by atomic mass is 10.2. The molecule has 0 radical (unpaired) electrons. The molecule has 0 saturated carbocycles. The van der Waals surface area contributed by atoms with Crippen molar-refractivity contribution >= 4 is 31.1 Å². The molecule has 0 aliphatic rings. The normalized spacial score (nSPS) is 12.8. The number of nitriles is 2. The maximum absolute atomic E-state index is 12.2. The molecule has 0 aliphatic carbocycles. The van der Waals surface area contributed by atoms with Crippen LogP contribution >= 0.6 is 11.6 Å². The molecule has 8 nitrogen and oxygen atoms in total. The van der Waals surface area contributed by atoms with Gasteiger partial charge in [0.2, 0.25) is 12.4 Å². The van der Waals surface area contributed by atoms with Crippen LogP contribution in [0.2, 0.25) is 0 Å². The highest BCUT2D eigenvalue weighted by Crippen LogP contribution is 2.28. The fourth-order valence-corrected chi connectivity index (χ4v) is 3.18. The Hall–Kier alpha value is -2.95. The standard InChI is InChI=1S/C10H10F3N3OS.C7H5ClF3N.C3H6N2OS/c1-18(17,16-7-14)5-4-8-2-3-9(15-6-8)10(11,12)13;8-3-5-1-2-6(12-4-5)7(9,10)11;1-7(2,6)5-3-4/h2-3,6H,4-5H2,1H3;1-2,4H,3H2;1-2H3. The van der Waals surface area contributed by atoms with Gasteiger partial charge in [0.1, 0.15) is 11.4 Å². The minimum atomic E-state index is -4.47. The van der Waals surface area contributed by atoms with E-state index in [0.717, 1.165) is 24.5 Å². The predicted molar refractivity (Wildman–Crippen MR) is 127 cm³/mol. The highest BCUT2D eigenvalue weighted by atomic mass is 35.5. The van der Waals surface area contributed by atoms with Gasteiger partial charge in [-0.05, 0) is 29.7 Å². The Kier molecular flexibility index (Phi) is 13.5. The maximum Gasteiger partial charge on any atom is 0.433 e. The van der Waals surface area contributed by atoms with Crippen LogP contribution in [0.25, 0.3) is 0 Å². The van der Waals surface area contributed by atoms with Crippen LogP contribution in [0, 0.1) is 22.9 Å². The Balaban J connectivity index is 0.000000586. The average molecular weight is 591 g/mol. The van der Waals surface area contributed by atoms with Crippen LogP contribution in [0.5, 0.6) is 0 Å². The van der Waals surface area contributed by atoms with Crippen LogP contribution in [0.4, 0.5) is 26.3 Å². The lowest BCUT2D eigenvalue weighted by Gasteiger charge is -2.06. The zero-order valence-electron chi connectivity index (χ0n) is 19.5. The summed E-state index contributed by atoms with van der Waals surface area (Å²) in [5.41, 5.74) is -0.767. The SMILES string of the molecule is CS(=O)(CCc1ccc(C(F)(F)F)nc1)=NC#N.CS(C)(=O)=NC#N.FC(F)(F)c1ccc(CCl)cn1. The number of alkyl halides is 7. The largest absolute Gasteiger partial charge is 0.433 e. The summed E-state index contributed by atoms with van der Waals surface area (Å²) in [7, 11) is -4.76. The third-order valence-corrected chi connectivity index (χ3v) is 5.91. The highest BCUT2D eigenvalue weighted by Gasteiger charge is 2.32. The van der Waals surface area contributed by atoms with Crippen LogP contribution in [0.3, 0.4) is 0 Å². The Morgan fingerprint density at radius 2 is 1.27 bits per heavy atom. The summed E-state index contributed by atoms with van der Waals surface area (Å²) < 4.78 is 101. The molecule has 0 spiro atoms. The van der Waals surface area contributed by atoms with Crippen molar-refractivity contribution in [1.29, 1.82) is 10.5 Å². The molecule has 2 aromatic heterocycles. The molecule has 2 rings (SSSR count). The van der Waals surface area contributed by atoms with Gasteiger partial charge in [-0.1, -0.05) is 12.1 Å². The van der Waals surface area contributed by atoms with Crippen LogP contribution in [0.15, 0.2) is 45.4 Å².